The third-order valence-corrected chi connectivity index (χ3v) is 2.91. The number of hydrogen-bond donors (Lipinski definition) is 1. The Morgan fingerprint density at radius 3 is 2.67 bits per heavy atom. The molecule has 1 heterocycles. The summed E-state index contributed by atoms with van der Waals surface area (Å²) in [6.07, 6.45) is -2.71. The number of alkyl halides is 3. The van der Waals surface area contributed by atoms with Crippen LogP contribution in [0.4, 0.5) is 19.0 Å². The number of halogens is 3. The van der Waals surface area contributed by atoms with Crippen LogP contribution in [0.3, 0.4) is 0 Å². The van der Waals surface area contributed by atoms with Gasteiger partial charge in [0.2, 0.25) is 0 Å². The van der Waals surface area contributed by atoms with Gasteiger partial charge < -0.3 is 15.0 Å². The van der Waals surface area contributed by atoms with Gasteiger partial charge in [0.1, 0.15) is 24.0 Å². The first kappa shape index (κ1) is 15.2. The minimum atomic E-state index is -4.39. The normalized spacial score (nSPS) is 11.9. The van der Waals surface area contributed by atoms with Crippen molar-refractivity contribution < 1.29 is 17.9 Å². The Labute approximate surface area is 120 Å². The zero-order chi connectivity index (χ0) is 15.6. The van der Waals surface area contributed by atoms with Crippen molar-refractivity contribution in [2.75, 3.05) is 5.73 Å². The second-order valence-electron chi connectivity index (χ2n) is 4.90. The largest absolute Gasteiger partial charge is 0.486 e. The van der Waals surface area contributed by atoms with E-state index in [1.54, 1.807) is 6.20 Å². The van der Waals surface area contributed by atoms with Crippen molar-refractivity contribution in [3.05, 3.63) is 41.9 Å². The smallest absolute Gasteiger partial charge is 0.416 e. The van der Waals surface area contributed by atoms with Gasteiger partial charge in [-0.25, -0.2) is 4.98 Å². The lowest BCUT2D eigenvalue weighted by Gasteiger charge is -2.13. The highest BCUT2D eigenvalue weighted by atomic mass is 19.4. The second-order valence-corrected chi connectivity index (χ2v) is 4.90. The highest BCUT2D eigenvalue weighted by Crippen LogP contribution is 2.31. The van der Waals surface area contributed by atoms with Crippen LogP contribution in [0.15, 0.2) is 30.5 Å². The molecule has 0 saturated carbocycles. The van der Waals surface area contributed by atoms with Gasteiger partial charge >= 0.3 is 6.18 Å². The summed E-state index contributed by atoms with van der Waals surface area (Å²) in [5.41, 5.74) is 4.89. The second kappa shape index (κ2) is 5.67. The number of benzene rings is 1. The molecule has 21 heavy (non-hydrogen) atoms. The van der Waals surface area contributed by atoms with E-state index in [-0.39, 0.29) is 18.4 Å². The van der Waals surface area contributed by atoms with Crippen LogP contribution in [0.1, 0.15) is 31.3 Å². The Balaban J connectivity index is 2.14. The van der Waals surface area contributed by atoms with Crippen molar-refractivity contribution in [2.45, 2.75) is 32.7 Å². The van der Waals surface area contributed by atoms with E-state index in [1.807, 2.05) is 18.4 Å². The lowest BCUT2D eigenvalue weighted by molar-refractivity contribution is -0.137. The first-order valence-electron chi connectivity index (χ1n) is 6.40. The third-order valence-electron chi connectivity index (χ3n) is 2.91. The van der Waals surface area contributed by atoms with Crippen molar-refractivity contribution >= 4 is 5.82 Å². The highest BCUT2D eigenvalue weighted by Gasteiger charge is 2.30. The van der Waals surface area contributed by atoms with Gasteiger partial charge in [0.15, 0.2) is 0 Å². The Morgan fingerprint density at radius 1 is 1.33 bits per heavy atom. The monoisotopic (exact) mass is 299 g/mol. The zero-order valence-corrected chi connectivity index (χ0v) is 11.7. The van der Waals surface area contributed by atoms with E-state index in [1.165, 1.54) is 12.1 Å². The molecule has 0 aliphatic heterocycles. The molecule has 0 aliphatic rings. The maximum atomic E-state index is 12.6. The molecule has 114 valence electrons. The molecule has 0 atom stereocenters. The minimum absolute atomic E-state index is 0.0523. The van der Waals surface area contributed by atoms with E-state index in [9.17, 15) is 13.2 Å². The van der Waals surface area contributed by atoms with Gasteiger partial charge in [-0.2, -0.15) is 13.2 Å². The highest BCUT2D eigenvalue weighted by molar-refractivity contribution is 5.31. The van der Waals surface area contributed by atoms with Crippen molar-refractivity contribution in [1.82, 2.24) is 9.55 Å². The predicted octanol–water partition coefficient (Wildman–Crippen LogP) is 3.64. The summed E-state index contributed by atoms with van der Waals surface area (Å²) in [6, 6.07) is 4.88. The van der Waals surface area contributed by atoms with Gasteiger partial charge in [-0.15, -0.1) is 0 Å². The molecule has 2 N–H and O–H groups in total. The minimum Gasteiger partial charge on any atom is -0.486 e. The molecule has 1 aromatic heterocycles. The molecule has 1 aromatic carbocycles. The van der Waals surface area contributed by atoms with E-state index in [0.717, 1.165) is 12.1 Å². The Bertz CT molecular complexity index is 620. The van der Waals surface area contributed by atoms with Crippen LogP contribution in [-0.2, 0) is 12.8 Å². The molecule has 0 saturated heterocycles. The topological polar surface area (TPSA) is 53.1 Å². The van der Waals surface area contributed by atoms with Crippen molar-refractivity contribution in [1.29, 1.82) is 0 Å². The molecule has 0 unspecified atom stereocenters. The van der Waals surface area contributed by atoms with Crippen molar-refractivity contribution in [3.8, 4) is 5.75 Å². The molecule has 2 aromatic rings. The molecule has 0 fully saturated rings. The summed E-state index contributed by atoms with van der Waals surface area (Å²) in [4.78, 5) is 4.11. The predicted molar refractivity (Wildman–Crippen MR) is 72.8 cm³/mol. The fraction of sp³-hybridized carbons (Fsp3) is 0.357. The van der Waals surface area contributed by atoms with E-state index >= 15 is 0 Å². The molecule has 4 nitrogen and oxygen atoms in total. The number of ether oxygens (including phenoxy) is 1. The van der Waals surface area contributed by atoms with Crippen LogP contribution in [0, 0.1) is 0 Å². The summed E-state index contributed by atoms with van der Waals surface area (Å²) in [6.45, 7) is 3.96. The first-order chi connectivity index (χ1) is 9.77. The summed E-state index contributed by atoms with van der Waals surface area (Å²) in [5.74, 6) is 1.06. The summed E-state index contributed by atoms with van der Waals surface area (Å²) in [7, 11) is 0. The summed E-state index contributed by atoms with van der Waals surface area (Å²) in [5, 5.41) is 0. The zero-order valence-electron chi connectivity index (χ0n) is 11.7. The molecule has 0 radical (unpaired) electrons. The molecule has 0 aliphatic carbocycles. The van der Waals surface area contributed by atoms with Crippen LogP contribution < -0.4 is 10.5 Å². The van der Waals surface area contributed by atoms with E-state index < -0.39 is 11.7 Å². The van der Waals surface area contributed by atoms with Gasteiger partial charge in [-0.05, 0) is 32.0 Å². The summed E-state index contributed by atoms with van der Waals surface area (Å²) < 4.78 is 45.1. The molecular weight excluding hydrogens is 283 g/mol. The van der Waals surface area contributed by atoms with Crippen LogP contribution >= 0.6 is 0 Å². The maximum absolute atomic E-state index is 12.6. The van der Waals surface area contributed by atoms with E-state index in [4.69, 9.17) is 10.5 Å². The van der Waals surface area contributed by atoms with E-state index in [2.05, 4.69) is 4.98 Å². The number of rotatable bonds is 4. The van der Waals surface area contributed by atoms with Gasteiger partial charge in [-0.1, -0.05) is 6.07 Å². The molecular formula is C14H16F3N3O. The number of nitrogens with zero attached hydrogens (tertiary/aromatic N) is 2. The van der Waals surface area contributed by atoms with Gasteiger partial charge in [-0.3, -0.25) is 0 Å². The van der Waals surface area contributed by atoms with Gasteiger partial charge in [0.05, 0.1) is 5.56 Å². The van der Waals surface area contributed by atoms with Crippen LogP contribution in [-0.4, -0.2) is 9.55 Å². The van der Waals surface area contributed by atoms with Crippen LogP contribution in [0.25, 0.3) is 0 Å². The molecule has 7 heteroatoms. The van der Waals surface area contributed by atoms with Crippen molar-refractivity contribution in [2.24, 2.45) is 0 Å². The first-order valence-corrected chi connectivity index (χ1v) is 6.40. The fourth-order valence-electron chi connectivity index (χ4n) is 1.92. The van der Waals surface area contributed by atoms with Gasteiger partial charge in [0, 0.05) is 12.2 Å². The van der Waals surface area contributed by atoms with Gasteiger partial charge in [0.25, 0.3) is 0 Å². The number of hydrogen-bond acceptors (Lipinski definition) is 3. The Morgan fingerprint density at radius 2 is 2.05 bits per heavy atom. The number of nitrogens with two attached hydrogens (primary N) is 1. The average molecular weight is 299 g/mol. The average Bonchev–Trinajstić information content (AvgIpc) is 2.77. The maximum Gasteiger partial charge on any atom is 0.416 e. The fourth-order valence-corrected chi connectivity index (χ4v) is 1.92. The number of nitrogen functional groups attached to an aromatic ring is 1. The Kier molecular flexibility index (Phi) is 4.11. The Hall–Kier alpha value is -2.18. The quantitative estimate of drug-likeness (QED) is 0.937. The molecule has 0 bridgehead atoms. The standard InChI is InChI=1S/C14H16F3N3O/c1-9(2)20-7-12(18)19-13(20)8-21-11-5-3-4-10(6-11)14(15,16)17/h3-7,9H,8,18H2,1-2H3. The number of anilines is 1. The SMILES string of the molecule is CC(C)n1cc(N)nc1COc1cccc(C(F)(F)F)c1. The molecule has 2 rings (SSSR count). The lowest BCUT2D eigenvalue weighted by Crippen LogP contribution is -2.09. The van der Waals surface area contributed by atoms with Crippen LogP contribution in [0.5, 0.6) is 5.75 Å². The number of aromatic nitrogens is 2. The molecule has 0 amide bonds. The third kappa shape index (κ3) is 3.68. The lowest BCUT2D eigenvalue weighted by atomic mass is 10.2. The number of imidazole rings is 1. The molecule has 0 spiro atoms. The van der Waals surface area contributed by atoms with E-state index in [0.29, 0.717) is 11.6 Å². The van der Waals surface area contributed by atoms with Crippen molar-refractivity contribution in [3.63, 3.8) is 0 Å². The van der Waals surface area contributed by atoms with Crippen LogP contribution in [0.2, 0.25) is 0 Å². The summed E-state index contributed by atoms with van der Waals surface area (Å²) >= 11 is 0.